The maximum atomic E-state index is 12.1. The zero-order chi connectivity index (χ0) is 21.8. The first-order chi connectivity index (χ1) is 14.7. The van der Waals surface area contributed by atoms with Crippen molar-refractivity contribution in [2.75, 3.05) is 40.5 Å². The lowest BCUT2D eigenvalue weighted by Gasteiger charge is -2.16. The second kappa shape index (κ2) is 13.5. The van der Waals surface area contributed by atoms with E-state index in [9.17, 15) is 9.59 Å². The average molecular weight is 423 g/mol. The van der Waals surface area contributed by atoms with Gasteiger partial charge in [0.15, 0.2) is 0 Å². The van der Waals surface area contributed by atoms with Gasteiger partial charge in [0.2, 0.25) is 5.91 Å². The molecule has 3 unspecified atom stereocenters. The molecule has 0 aromatic carbocycles. The third-order valence-corrected chi connectivity index (χ3v) is 6.41. The molecule has 3 rings (SSSR count). The molecular weight excluding hydrogens is 384 g/mol. The lowest BCUT2D eigenvalue weighted by atomic mass is 10.1. The number of aliphatic hydroxyl groups is 1. The SMILES string of the molecule is CO.COC1CCN(C(=O)CCCCCNC(=O)OCC2C3CCC#CCCC32)C1. The molecule has 2 aliphatic carbocycles. The monoisotopic (exact) mass is 422 g/mol. The van der Waals surface area contributed by atoms with Crippen LogP contribution in [0, 0.1) is 29.6 Å². The van der Waals surface area contributed by atoms with E-state index >= 15 is 0 Å². The van der Waals surface area contributed by atoms with Crippen LogP contribution >= 0.6 is 0 Å². The summed E-state index contributed by atoms with van der Waals surface area (Å²) in [6, 6.07) is 0. The number of methoxy groups -OCH3 is 1. The standard InChI is InChI=1S/C22H34N2O4.CH4O/c1-27-17-12-14-24(15-17)21(25)11-7-4-8-13-23-22(26)28-16-20-18-9-5-2-3-6-10-19(18)20;1-2/h17-20H,4-16H2,1H3,(H,23,26);2H,1H3. The third-order valence-electron chi connectivity index (χ3n) is 6.41. The molecule has 1 saturated heterocycles. The van der Waals surface area contributed by atoms with Gasteiger partial charge in [-0.1, -0.05) is 6.42 Å². The topological polar surface area (TPSA) is 88.1 Å². The number of ether oxygens (including phenoxy) is 2. The third kappa shape index (κ3) is 7.81. The molecule has 0 aromatic heterocycles. The molecule has 1 saturated carbocycles. The number of rotatable bonds is 9. The van der Waals surface area contributed by atoms with Crippen LogP contribution in [0.25, 0.3) is 0 Å². The fourth-order valence-corrected chi connectivity index (χ4v) is 4.58. The van der Waals surface area contributed by atoms with Gasteiger partial charge in [-0.15, -0.1) is 11.8 Å². The summed E-state index contributed by atoms with van der Waals surface area (Å²) >= 11 is 0. The molecule has 7 nitrogen and oxygen atoms in total. The number of carbonyl (C=O) groups is 2. The van der Waals surface area contributed by atoms with Crippen LogP contribution in [0.2, 0.25) is 0 Å². The molecular formula is C23H38N2O5. The van der Waals surface area contributed by atoms with E-state index in [4.69, 9.17) is 14.6 Å². The number of alkyl carbamates (subject to hydrolysis) is 1. The number of hydrogen-bond acceptors (Lipinski definition) is 5. The molecule has 0 radical (unpaired) electrons. The molecule has 0 bridgehead atoms. The molecule has 30 heavy (non-hydrogen) atoms. The van der Waals surface area contributed by atoms with E-state index in [0.717, 1.165) is 71.6 Å². The Hall–Kier alpha value is -1.78. The summed E-state index contributed by atoms with van der Waals surface area (Å²) in [7, 11) is 2.70. The second-order valence-corrected chi connectivity index (χ2v) is 8.24. The molecule has 3 aliphatic rings. The van der Waals surface area contributed by atoms with Crippen molar-refractivity contribution in [3.8, 4) is 11.8 Å². The maximum absolute atomic E-state index is 12.1. The van der Waals surface area contributed by atoms with Crippen molar-refractivity contribution in [3.63, 3.8) is 0 Å². The Bertz CT molecular complexity index is 582. The Labute approximate surface area is 180 Å². The van der Waals surface area contributed by atoms with Gasteiger partial charge < -0.3 is 24.8 Å². The summed E-state index contributed by atoms with van der Waals surface area (Å²) < 4.78 is 10.7. The van der Waals surface area contributed by atoms with E-state index in [2.05, 4.69) is 17.2 Å². The highest BCUT2D eigenvalue weighted by atomic mass is 16.5. The van der Waals surface area contributed by atoms with E-state index < -0.39 is 0 Å². The Morgan fingerprint density at radius 1 is 1.07 bits per heavy atom. The average Bonchev–Trinajstić information content (AvgIpc) is 3.15. The minimum atomic E-state index is -0.311. The first kappa shape index (κ1) is 24.5. The van der Waals surface area contributed by atoms with Crippen LogP contribution in [-0.4, -0.2) is 68.6 Å². The Morgan fingerprint density at radius 2 is 1.77 bits per heavy atom. The number of fused-ring (bicyclic) bond motifs is 1. The van der Waals surface area contributed by atoms with Crippen molar-refractivity contribution in [1.29, 1.82) is 0 Å². The number of hydrogen-bond donors (Lipinski definition) is 2. The van der Waals surface area contributed by atoms with Gasteiger partial charge in [-0.3, -0.25) is 4.79 Å². The zero-order valence-electron chi connectivity index (χ0n) is 18.5. The van der Waals surface area contributed by atoms with Crippen molar-refractivity contribution in [2.45, 2.75) is 63.9 Å². The van der Waals surface area contributed by atoms with Crippen LogP contribution in [0.15, 0.2) is 0 Å². The van der Waals surface area contributed by atoms with Gasteiger partial charge in [0.05, 0.1) is 12.7 Å². The molecule has 0 spiro atoms. The lowest BCUT2D eigenvalue weighted by Crippen LogP contribution is -2.29. The van der Waals surface area contributed by atoms with Crippen molar-refractivity contribution in [3.05, 3.63) is 0 Å². The summed E-state index contributed by atoms with van der Waals surface area (Å²) in [4.78, 5) is 25.9. The van der Waals surface area contributed by atoms with Crippen molar-refractivity contribution < 1.29 is 24.2 Å². The summed E-state index contributed by atoms with van der Waals surface area (Å²) in [6.45, 7) is 2.67. The van der Waals surface area contributed by atoms with Crippen molar-refractivity contribution >= 4 is 12.0 Å². The molecule has 2 amide bonds. The largest absolute Gasteiger partial charge is 0.449 e. The number of nitrogens with zero attached hydrogens (tertiary/aromatic N) is 1. The maximum Gasteiger partial charge on any atom is 0.407 e. The van der Waals surface area contributed by atoms with Crippen LogP contribution < -0.4 is 5.32 Å². The number of amides is 2. The Kier molecular flexibility index (Phi) is 11.0. The smallest absolute Gasteiger partial charge is 0.407 e. The van der Waals surface area contributed by atoms with Crippen LogP contribution in [0.5, 0.6) is 0 Å². The van der Waals surface area contributed by atoms with Crippen LogP contribution in [0.4, 0.5) is 4.79 Å². The van der Waals surface area contributed by atoms with Crippen LogP contribution in [0.3, 0.4) is 0 Å². The van der Waals surface area contributed by atoms with Gasteiger partial charge in [0, 0.05) is 53.1 Å². The highest BCUT2D eigenvalue weighted by Gasteiger charge is 2.49. The highest BCUT2D eigenvalue weighted by molar-refractivity contribution is 5.76. The molecule has 2 fully saturated rings. The molecule has 7 heteroatoms. The number of unbranched alkanes of at least 4 members (excludes halogenated alkanes) is 2. The molecule has 1 heterocycles. The van der Waals surface area contributed by atoms with Gasteiger partial charge >= 0.3 is 6.09 Å². The fraction of sp³-hybridized carbons (Fsp3) is 0.826. The molecule has 0 aromatic rings. The minimum absolute atomic E-state index is 0.195. The highest BCUT2D eigenvalue weighted by Crippen LogP contribution is 2.52. The van der Waals surface area contributed by atoms with E-state index in [1.807, 2.05) is 4.90 Å². The van der Waals surface area contributed by atoms with Crippen molar-refractivity contribution in [1.82, 2.24) is 10.2 Å². The fourth-order valence-electron chi connectivity index (χ4n) is 4.58. The van der Waals surface area contributed by atoms with Gasteiger partial charge in [0.1, 0.15) is 0 Å². The van der Waals surface area contributed by atoms with E-state index in [0.29, 0.717) is 37.3 Å². The lowest BCUT2D eigenvalue weighted by molar-refractivity contribution is -0.130. The molecule has 170 valence electrons. The van der Waals surface area contributed by atoms with Crippen LogP contribution in [-0.2, 0) is 14.3 Å². The van der Waals surface area contributed by atoms with Gasteiger partial charge in [0.25, 0.3) is 0 Å². The first-order valence-electron chi connectivity index (χ1n) is 11.3. The number of likely N-dealkylation sites (tertiary alicyclic amines) is 1. The zero-order valence-corrected chi connectivity index (χ0v) is 18.5. The summed E-state index contributed by atoms with van der Waals surface area (Å²) in [5.41, 5.74) is 0. The summed E-state index contributed by atoms with van der Waals surface area (Å²) in [5.74, 6) is 8.56. The van der Waals surface area contributed by atoms with Crippen molar-refractivity contribution in [2.24, 2.45) is 17.8 Å². The normalized spacial score (nSPS) is 26.7. The summed E-state index contributed by atoms with van der Waals surface area (Å²) in [5, 5.41) is 9.83. The van der Waals surface area contributed by atoms with Gasteiger partial charge in [-0.2, -0.15) is 0 Å². The van der Waals surface area contributed by atoms with E-state index in [1.165, 1.54) is 0 Å². The quantitative estimate of drug-likeness (QED) is 0.440. The first-order valence-corrected chi connectivity index (χ1v) is 11.3. The molecule has 3 atom stereocenters. The summed E-state index contributed by atoms with van der Waals surface area (Å²) in [6.07, 6.45) is 8.32. The predicted octanol–water partition coefficient (Wildman–Crippen LogP) is 2.57. The molecule has 1 aliphatic heterocycles. The molecule has 2 N–H and O–H groups in total. The predicted molar refractivity (Wildman–Crippen MR) is 115 cm³/mol. The van der Waals surface area contributed by atoms with E-state index in [1.54, 1.807) is 7.11 Å². The minimum Gasteiger partial charge on any atom is -0.449 e. The van der Waals surface area contributed by atoms with Crippen LogP contribution in [0.1, 0.15) is 57.8 Å². The van der Waals surface area contributed by atoms with Gasteiger partial charge in [-0.05, 0) is 49.9 Å². The van der Waals surface area contributed by atoms with Gasteiger partial charge in [-0.25, -0.2) is 4.79 Å². The number of nitrogens with one attached hydrogen (secondary N) is 1. The Balaban J connectivity index is 0.00000155. The Morgan fingerprint density at radius 3 is 2.40 bits per heavy atom. The second-order valence-electron chi connectivity index (χ2n) is 8.24. The van der Waals surface area contributed by atoms with E-state index in [-0.39, 0.29) is 18.1 Å². The number of carbonyl (C=O) groups excluding carboxylic acids is 2. The number of aliphatic hydroxyl groups excluding tert-OH is 1.